The van der Waals surface area contributed by atoms with Crippen molar-refractivity contribution in [3.8, 4) is 0 Å². The molecule has 6 aromatic carbocycles. The highest BCUT2D eigenvalue weighted by molar-refractivity contribution is 6.23. The number of allylic oxidation sites excluding steroid dienone is 2. The molecule has 9 rings (SSSR count). The molecule has 2 aromatic heterocycles. The maximum absolute atomic E-state index is 6.49. The molecule has 1 atom stereocenters. The van der Waals surface area contributed by atoms with E-state index in [1.807, 2.05) is 0 Å². The predicted octanol–water partition coefficient (Wildman–Crippen LogP) is 10.4. The highest BCUT2D eigenvalue weighted by Gasteiger charge is 2.26. The van der Waals surface area contributed by atoms with Gasteiger partial charge in [0.2, 0.25) is 0 Å². The van der Waals surface area contributed by atoms with Crippen LogP contribution in [0.15, 0.2) is 150 Å². The standard InChI is InChI=1S/C40H28N2O/c1-41-35(27-13-4-2-5-14-27)22-29(23-36(41)28-15-6-3-7-16-28)42-34-19-11-10-18-31(34)32-25-39-33(24-37(32)42)40-30-17-9-8-12-26(30)20-21-38(40)43-39/h2-25,35H,1H3. The molecule has 1 aliphatic rings. The van der Waals surface area contributed by atoms with Crippen molar-refractivity contribution >= 4 is 65.9 Å². The molecular formula is C40H28N2O. The molecule has 3 heterocycles. The van der Waals surface area contributed by atoms with Crippen molar-refractivity contribution < 1.29 is 4.42 Å². The average molecular weight is 553 g/mol. The van der Waals surface area contributed by atoms with Crippen LogP contribution in [0.3, 0.4) is 0 Å². The first-order valence-corrected chi connectivity index (χ1v) is 14.8. The minimum Gasteiger partial charge on any atom is -0.456 e. The van der Waals surface area contributed by atoms with Gasteiger partial charge in [-0.2, -0.15) is 0 Å². The highest BCUT2D eigenvalue weighted by atomic mass is 16.3. The lowest BCUT2D eigenvalue weighted by Gasteiger charge is -2.35. The van der Waals surface area contributed by atoms with Gasteiger partial charge in [0.1, 0.15) is 11.2 Å². The Morgan fingerprint density at radius 2 is 1.30 bits per heavy atom. The molecule has 8 aromatic rings. The third-order valence-corrected chi connectivity index (χ3v) is 9.03. The first-order chi connectivity index (χ1) is 21.2. The van der Waals surface area contributed by atoms with Gasteiger partial charge in [0, 0.05) is 40.0 Å². The minimum absolute atomic E-state index is 0.0787. The largest absolute Gasteiger partial charge is 0.456 e. The van der Waals surface area contributed by atoms with E-state index in [4.69, 9.17) is 4.42 Å². The van der Waals surface area contributed by atoms with Crippen LogP contribution in [-0.4, -0.2) is 16.5 Å². The Morgan fingerprint density at radius 1 is 0.581 bits per heavy atom. The van der Waals surface area contributed by atoms with Crippen LogP contribution in [0, 0.1) is 0 Å². The van der Waals surface area contributed by atoms with Crippen LogP contribution in [0.25, 0.3) is 65.9 Å². The monoisotopic (exact) mass is 552 g/mol. The van der Waals surface area contributed by atoms with Crippen LogP contribution in [-0.2, 0) is 0 Å². The van der Waals surface area contributed by atoms with Gasteiger partial charge in [-0.05, 0) is 58.3 Å². The number of likely N-dealkylation sites (N-methyl/N-ethyl adjacent to an activating group) is 1. The lowest BCUT2D eigenvalue weighted by atomic mass is 9.97. The van der Waals surface area contributed by atoms with E-state index in [0.29, 0.717) is 0 Å². The summed E-state index contributed by atoms with van der Waals surface area (Å²) in [6.07, 6.45) is 4.74. The van der Waals surface area contributed by atoms with E-state index in [0.717, 1.165) is 22.2 Å². The first-order valence-electron chi connectivity index (χ1n) is 14.8. The van der Waals surface area contributed by atoms with Gasteiger partial charge in [-0.3, -0.25) is 0 Å². The zero-order valence-electron chi connectivity index (χ0n) is 23.7. The number of hydrogen-bond acceptors (Lipinski definition) is 2. The van der Waals surface area contributed by atoms with Gasteiger partial charge < -0.3 is 13.9 Å². The van der Waals surface area contributed by atoms with Crippen molar-refractivity contribution in [2.24, 2.45) is 0 Å². The Morgan fingerprint density at radius 3 is 2.14 bits per heavy atom. The molecule has 43 heavy (non-hydrogen) atoms. The summed E-state index contributed by atoms with van der Waals surface area (Å²) in [7, 11) is 2.20. The number of hydrogen-bond donors (Lipinski definition) is 0. The van der Waals surface area contributed by atoms with Gasteiger partial charge in [0.25, 0.3) is 0 Å². The molecule has 3 nitrogen and oxygen atoms in total. The van der Waals surface area contributed by atoms with Gasteiger partial charge in [-0.15, -0.1) is 0 Å². The Balaban J connectivity index is 1.38. The zero-order chi connectivity index (χ0) is 28.5. The average Bonchev–Trinajstić information content (AvgIpc) is 3.60. The summed E-state index contributed by atoms with van der Waals surface area (Å²) in [5, 5.41) is 7.16. The molecular weight excluding hydrogens is 524 g/mol. The van der Waals surface area contributed by atoms with Gasteiger partial charge in [0.05, 0.1) is 17.1 Å². The maximum atomic E-state index is 6.49. The summed E-state index contributed by atoms with van der Waals surface area (Å²) in [5.41, 5.74) is 9.02. The number of aromatic nitrogens is 1. The Bertz CT molecular complexity index is 2410. The zero-order valence-corrected chi connectivity index (χ0v) is 23.7. The van der Waals surface area contributed by atoms with Crippen molar-refractivity contribution in [2.45, 2.75) is 6.04 Å². The molecule has 0 saturated carbocycles. The predicted molar refractivity (Wildman–Crippen MR) is 180 cm³/mol. The topological polar surface area (TPSA) is 21.3 Å². The normalized spacial score (nSPS) is 15.6. The molecule has 1 unspecified atom stereocenters. The second-order valence-corrected chi connectivity index (χ2v) is 11.4. The fourth-order valence-corrected chi connectivity index (χ4v) is 7.00. The van der Waals surface area contributed by atoms with Crippen molar-refractivity contribution in [1.82, 2.24) is 9.47 Å². The molecule has 0 bridgehead atoms. The molecule has 0 radical (unpaired) electrons. The van der Waals surface area contributed by atoms with E-state index in [9.17, 15) is 0 Å². The molecule has 0 amide bonds. The number of rotatable bonds is 3. The van der Waals surface area contributed by atoms with E-state index in [1.165, 1.54) is 54.8 Å². The number of benzene rings is 6. The Labute approximate surface area is 249 Å². The number of para-hydroxylation sites is 1. The van der Waals surface area contributed by atoms with Gasteiger partial charge in [-0.1, -0.05) is 109 Å². The fraction of sp³-hybridized carbons (Fsp3) is 0.0500. The van der Waals surface area contributed by atoms with Crippen LogP contribution in [0.5, 0.6) is 0 Å². The Hall–Kier alpha value is -5.54. The molecule has 0 aliphatic carbocycles. The highest BCUT2D eigenvalue weighted by Crippen LogP contribution is 2.43. The Kier molecular flexibility index (Phi) is 5.17. The van der Waals surface area contributed by atoms with Gasteiger partial charge in [0.15, 0.2) is 0 Å². The summed E-state index contributed by atoms with van der Waals surface area (Å²) in [5.74, 6) is 0. The third-order valence-electron chi connectivity index (χ3n) is 9.03. The molecule has 0 fully saturated rings. The summed E-state index contributed by atoms with van der Waals surface area (Å²) < 4.78 is 8.94. The second-order valence-electron chi connectivity index (χ2n) is 11.4. The van der Waals surface area contributed by atoms with Crippen molar-refractivity contribution in [3.05, 3.63) is 157 Å². The van der Waals surface area contributed by atoms with E-state index in [1.54, 1.807) is 0 Å². The number of fused-ring (bicyclic) bond motifs is 8. The molecule has 0 N–H and O–H groups in total. The minimum atomic E-state index is 0.0787. The van der Waals surface area contributed by atoms with E-state index >= 15 is 0 Å². The second kappa shape index (κ2) is 9.23. The number of furan rings is 1. The van der Waals surface area contributed by atoms with E-state index in [-0.39, 0.29) is 6.04 Å². The van der Waals surface area contributed by atoms with Crippen molar-refractivity contribution in [3.63, 3.8) is 0 Å². The summed E-state index contributed by atoms with van der Waals surface area (Å²) in [6.45, 7) is 0. The molecule has 3 heteroatoms. The lowest BCUT2D eigenvalue weighted by Crippen LogP contribution is -2.25. The van der Waals surface area contributed by atoms with Crippen LogP contribution >= 0.6 is 0 Å². The van der Waals surface area contributed by atoms with Gasteiger partial charge in [-0.25, -0.2) is 0 Å². The molecule has 204 valence electrons. The quantitative estimate of drug-likeness (QED) is 0.217. The van der Waals surface area contributed by atoms with Crippen LogP contribution in [0.2, 0.25) is 0 Å². The van der Waals surface area contributed by atoms with E-state index in [2.05, 4.69) is 162 Å². The smallest absolute Gasteiger partial charge is 0.136 e. The third kappa shape index (κ3) is 3.61. The van der Waals surface area contributed by atoms with Gasteiger partial charge >= 0.3 is 0 Å². The van der Waals surface area contributed by atoms with E-state index < -0.39 is 0 Å². The fourth-order valence-electron chi connectivity index (χ4n) is 7.00. The van der Waals surface area contributed by atoms with Crippen molar-refractivity contribution in [2.75, 3.05) is 7.05 Å². The molecule has 0 spiro atoms. The van der Waals surface area contributed by atoms with Crippen LogP contribution in [0.1, 0.15) is 17.2 Å². The summed E-state index contributed by atoms with van der Waals surface area (Å²) >= 11 is 0. The molecule has 0 saturated heterocycles. The van der Waals surface area contributed by atoms with Crippen molar-refractivity contribution in [1.29, 1.82) is 0 Å². The first kappa shape index (κ1) is 24.1. The summed E-state index contributed by atoms with van der Waals surface area (Å²) in [6, 6.07) is 47.7. The van der Waals surface area contributed by atoms with Crippen LogP contribution < -0.4 is 0 Å². The summed E-state index contributed by atoms with van der Waals surface area (Å²) in [4.78, 5) is 2.38. The molecule has 1 aliphatic heterocycles. The van der Waals surface area contributed by atoms with Crippen LogP contribution in [0.4, 0.5) is 0 Å². The SMILES string of the molecule is CN1C(c2ccccc2)=CC(n2c3ccccc3c3cc4oc5ccc6ccccc6c5c4cc32)=CC1c1ccccc1. The lowest BCUT2D eigenvalue weighted by molar-refractivity contribution is 0.412. The maximum Gasteiger partial charge on any atom is 0.136 e. The number of nitrogens with zero attached hydrogens (tertiary/aromatic N) is 2.